The normalized spacial score (nSPS) is 13.9. The van der Waals surface area contributed by atoms with Crippen molar-refractivity contribution >= 4 is 17.7 Å². The van der Waals surface area contributed by atoms with Crippen LogP contribution in [0.2, 0.25) is 0 Å². The first-order chi connectivity index (χ1) is 8.56. The lowest BCUT2D eigenvalue weighted by Gasteiger charge is -2.15. The van der Waals surface area contributed by atoms with Crippen LogP contribution in [0, 0.1) is 5.92 Å². The van der Waals surface area contributed by atoms with Gasteiger partial charge in [-0.15, -0.1) is 0 Å². The second-order valence-corrected chi connectivity index (χ2v) is 6.32. The molecule has 0 aliphatic heterocycles. The largest absolute Gasteiger partial charge is 0.370 e. The van der Waals surface area contributed by atoms with Gasteiger partial charge in [0.15, 0.2) is 5.96 Å². The van der Waals surface area contributed by atoms with Crippen LogP contribution < -0.4 is 11.1 Å². The molecule has 0 aromatic rings. The van der Waals surface area contributed by atoms with Crippen molar-refractivity contribution in [2.75, 3.05) is 18.6 Å². The summed E-state index contributed by atoms with van der Waals surface area (Å²) in [6, 6.07) is 0.429. The Morgan fingerprint density at radius 1 is 1.17 bits per heavy atom. The Bertz CT molecular complexity index is 217. The van der Waals surface area contributed by atoms with E-state index in [1.165, 1.54) is 31.4 Å². The molecule has 0 heterocycles. The van der Waals surface area contributed by atoms with Crippen molar-refractivity contribution < 1.29 is 0 Å². The lowest BCUT2D eigenvalue weighted by atomic mass is 10.0. The molecule has 108 valence electrons. The van der Waals surface area contributed by atoms with E-state index in [-0.39, 0.29) is 0 Å². The van der Waals surface area contributed by atoms with Gasteiger partial charge in [0, 0.05) is 12.6 Å². The van der Waals surface area contributed by atoms with E-state index in [4.69, 9.17) is 5.73 Å². The number of hydrogen-bond acceptors (Lipinski definition) is 2. The highest BCUT2D eigenvalue weighted by molar-refractivity contribution is 7.98. The van der Waals surface area contributed by atoms with Gasteiger partial charge in [-0.3, -0.25) is 4.99 Å². The van der Waals surface area contributed by atoms with Crippen LogP contribution in [0.15, 0.2) is 4.99 Å². The number of nitrogens with one attached hydrogen (secondary N) is 1. The Hall–Kier alpha value is -0.380. The van der Waals surface area contributed by atoms with E-state index in [0.717, 1.165) is 18.9 Å². The summed E-state index contributed by atoms with van der Waals surface area (Å²) in [4.78, 5) is 4.35. The molecule has 4 heteroatoms. The average molecular weight is 273 g/mol. The number of nitrogens with two attached hydrogens (primary N) is 1. The predicted molar refractivity (Wildman–Crippen MR) is 85.4 cm³/mol. The summed E-state index contributed by atoms with van der Waals surface area (Å²) in [6.07, 6.45) is 8.20. The average Bonchev–Trinajstić information content (AvgIpc) is 2.28. The summed E-state index contributed by atoms with van der Waals surface area (Å²) in [5.41, 5.74) is 5.85. The molecule has 0 fully saturated rings. The maximum absolute atomic E-state index is 5.85. The number of thioether (sulfide) groups is 1. The molecule has 0 aliphatic rings. The van der Waals surface area contributed by atoms with Gasteiger partial charge >= 0.3 is 0 Å². The monoisotopic (exact) mass is 273 g/mol. The second-order valence-electron chi connectivity index (χ2n) is 5.34. The molecular formula is C14H31N3S. The second kappa shape index (κ2) is 11.7. The summed E-state index contributed by atoms with van der Waals surface area (Å²) < 4.78 is 0. The molecule has 0 saturated heterocycles. The summed E-state index contributed by atoms with van der Waals surface area (Å²) in [7, 11) is 0. The molecule has 0 bridgehead atoms. The smallest absolute Gasteiger partial charge is 0.188 e. The molecule has 0 aliphatic carbocycles. The van der Waals surface area contributed by atoms with Crippen LogP contribution in [-0.2, 0) is 0 Å². The third kappa shape index (κ3) is 12.1. The molecule has 0 amide bonds. The van der Waals surface area contributed by atoms with Gasteiger partial charge < -0.3 is 11.1 Å². The van der Waals surface area contributed by atoms with Gasteiger partial charge in [-0.05, 0) is 44.1 Å². The first kappa shape index (κ1) is 17.6. The number of unbranched alkanes of at least 4 members (excludes halogenated alkanes) is 1. The molecule has 3 nitrogen and oxygen atoms in total. The molecule has 0 saturated carbocycles. The summed E-state index contributed by atoms with van der Waals surface area (Å²) >= 11 is 1.89. The van der Waals surface area contributed by atoms with E-state index in [0.29, 0.717) is 12.0 Å². The molecule has 0 rings (SSSR count). The lowest BCUT2D eigenvalue weighted by molar-refractivity contribution is 0.493. The highest BCUT2D eigenvalue weighted by Crippen LogP contribution is 2.08. The van der Waals surface area contributed by atoms with Crippen molar-refractivity contribution in [1.82, 2.24) is 5.32 Å². The van der Waals surface area contributed by atoms with E-state index >= 15 is 0 Å². The zero-order chi connectivity index (χ0) is 13.8. The SMILES string of the molecule is CSCCCCN=C(N)NC(C)CCCC(C)C. The van der Waals surface area contributed by atoms with Crippen molar-refractivity contribution in [1.29, 1.82) is 0 Å². The molecule has 0 aromatic heterocycles. The Kier molecular flexibility index (Phi) is 11.4. The van der Waals surface area contributed by atoms with Gasteiger partial charge in [-0.2, -0.15) is 11.8 Å². The number of nitrogens with zero attached hydrogens (tertiary/aromatic N) is 1. The van der Waals surface area contributed by atoms with Crippen molar-refractivity contribution in [3.63, 3.8) is 0 Å². The maximum Gasteiger partial charge on any atom is 0.188 e. The van der Waals surface area contributed by atoms with Crippen molar-refractivity contribution in [3.05, 3.63) is 0 Å². The van der Waals surface area contributed by atoms with Crippen LogP contribution in [0.4, 0.5) is 0 Å². The Morgan fingerprint density at radius 3 is 2.50 bits per heavy atom. The number of guanidine groups is 1. The van der Waals surface area contributed by atoms with Crippen molar-refractivity contribution in [2.45, 2.75) is 58.9 Å². The summed E-state index contributed by atoms with van der Waals surface area (Å²) in [5.74, 6) is 2.62. The predicted octanol–water partition coefficient (Wildman–Crippen LogP) is 3.25. The first-order valence-electron chi connectivity index (χ1n) is 7.11. The molecular weight excluding hydrogens is 242 g/mol. The van der Waals surface area contributed by atoms with Gasteiger partial charge in [0.1, 0.15) is 0 Å². The van der Waals surface area contributed by atoms with E-state index in [1.807, 2.05) is 11.8 Å². The molecule has 0 aromatic carbocycles. The topological polar surface area (TPSA) is 50.4 Å². The van der Waals surface area contributed by atoms with Gasteiger partial charge in [0.2, 0.25) is 0 Å². The van der Waals surface area contributed by atoms with Crippen molar-refractivity contribution in [2.24, 2.45) is 16.6 Å². The summed E-state index contributed by atoms with van der Waals surface area (Å²) in [5, 5.41) is 3.27. The highest BCUT2D eigenvalue weighted by atomic mass is 32.2. The van der Waals surface area contributed by atoms with Crippen LogP contribution in [-0.4, -0.2) is 30.6 Å². The van der Waals surface area contributed by atoms with E-state index in [1.54, 1.807) is 0 Å². The highest BCUT2D eigenvalue weighted by Gasteiger charge is 2.03. The zero-order valence-corrected chi connectivity index (χ0v) is 13.4. The van der Waals surface area contributed by atoms with Crippen LogP contribution in [0.25, 0.3) is 0 Å². The summed E-state index contributed by atoms with van der Waals surface area (Å²) in [6.45, 7) is 7.56. The fourth-order valence-electron chi connectivity index (χ4n) is 1.76. The van der Waals surface area contributed by atoms with Crippen molar-refractivity contribution in [3.8, 4) is 0 Å². The molecule has 3 N–H and O–H groups in total. The molecule has 18 heavy (non-hydrogen) atoms. The van der Waals surface area contributed by atoms with E-state index in [2.05, 4.69) is 37.3 Å². The zero-order valence-electron chi connectivity index (χ0n) is 12.5. The Balaban J connectivity index is 3.58. The molecule has 0 radical (unpaired) electrons. The fraction of sp³-hybridized carbons (Fsp3) is 0.929. The van der Waals surface area contributed by atoms with E-state index < -0.39 is 0 Å². The molecule has 0 spiro atoms. The Morgan fingerprint density at radius 2 is 1.89 bits per heavy atom. The van der Waals surface area contributed by atoms with Crippen LogP contribution in [0.3, 0.4) is 0 Å². The van der Waals surface area contributed by atoms with Crippen LogP contribution >= 0.6 is 11.8 Å². The third-order valence-corrected chi connectivity index (χ3v) is 3.55. The number of hydrogen-bond donors (Lipinski definition) is 2. The third-order valence-electron chi connectivity index (χ3n) is 2.85. The first-order valence-corrected chi connectivity index (χ1v) is 8.51. The minimum atomic E-state index is 0.429. The molecule has 1 atom stereocenters. The fourth-order valence-corrected chi connectivity index (χ4v) is 2.25. The van der Waals surface area contributed by atoms with Crippen LogP contribution in [0.1, 0.15) is 52.9 Å². The maximum atomic E-state index is 5.85. The minimum Gasteiger partial charge on any atom is -0.370 e. The van der Waals surface area contributed by atoms with E-state index in [9.17, 15) is 0 Å². The number of aliphatic imine (C=N–C) groups is 1. The standard InChI is InChI=1S/C14H31N3S/c1-12(2)8-7-9-13(3)17-14(15)16-10-5-6-11-18-4/h12-13H,5-11H2,1-4H3,(H3,15,16,17). The molecule has 1 unspecified atom stereocenters. The quantitative estimate of drug-likeness (QED) is 0.365. The van der Waals surface area contributed by atoms with Gasteiger partial charge in [-0.1, -0.05) is 26.7 Å². The van der Waals surface area contributed by atoms with Crippen LogP contribution in [0.5, 0.6) is 0 Å². The van der Waals surface area contributed by atoms with Gasteiger partial charge in [0.05, 0.1) is 0 Å². The minimum absolute atomic E-state index is 0.429. The van der Waals surface area contributed by atoms with Gasteiger partial charge in [0.25, 0.3) is 0 Å². The number of rotatable bonds is 10. The Labute approximate surface area is 117 Å². The lowest BCUT2D eigenvalue weighted by Crippen LogP contribution is -2.38. The van der Waals surface area contributed by atoms with Gasteiger partial charge in [-0.25, -0.2) is 0 Å².